The predicted molar refractivity (Wildman–Crippen MR) is 58.1 cm³/mol. The Hall–Kier alpha value is -1.68. The first-order chi connectivity index (χ1) is 8.04. The van der Waals surface area contributed by atoms with Gasteiger partial charge in [0.05, 0.1) is 6.10 Å². The first-order valence-corrected chi connectivity index (χ1v) is 5.12. The molecule has 0 saturated carbocycles. The molecular weight excluding hydrogens is 224 g/mol. The van der Waals surface area contributed by atoms with Crippen molar-refractivity contribution in [1.29, 1.82) is 0 Å². The Morgan fingerprint density at radius 1 is 1.53 bits per heavy atom. The van der Waals surface area contributed by atoms with E-state index >= 15 is 0 Å². The van der Waals surface area contributed by atoms with Crippen LogP contribution in [0.4, 0.5) is 0 Å². The van der Waals surface area contributed by atoms with Gasteiger partial charge < -0.3 is 14.9 Å². The second kappa shape index (κ2) is 4.30. The van der Waals surface area contributed by atoms with Crippen LogP contribution in [0.1, 0.15) is 24.3 Å². The van der Waals surface area contributed by atoms with Crippen LogP contribution in [0.3, 0.4) is 0 Å². The van der Waals surface area contributed by atoms with Crippen molar-refractivity contribution in [2.24, 2.45) is 0 Å². The van der Waals surface area contributed by atoms with Crippen molar-refractivity contribution < 1.29 is 14.9 Å². The van der Waals surface area contributed by atoms with E-state index in [-0.39, 0.29) is 5.69 Å². The molecular formula is C11H12N2O4. The third-order valence-electron chi connectivity index (χ3n) is 2.79. The summed E-state index contributed by atoms with van der Waals surface area (Å²) < 4.78 is 5.40. The van der Waals surface area contributed by atoms with E-state index in [4.69, 9.17) is 11.2 Å². The van der Waals surface area contributed by atoms with E-state index < -0.39 is 30.1 Å². The van der Waals surface area contributed by atoms with Gasteiger partial charge >= 0.3 is 5.69 Å². The molecule has 6 nitrogen and oxygen atoms in total. The van der Waals surface area contributed by atoms with E-state index in [9.17, 15) is 15.0 Å². The number of hydrogen-bond acceptors (Lipinski definition) is 5. The lowest BCUT2D eigenvalue weighted by Gasteiger charge is -2.15. The molecule has 0 amide bonds. The first-order valence-electron chi connectivity index (χ1n) is 5.12. The smallest absolute Gasteiger partial charge is 0.345 e. The van der Waals surface area contributed by atoms with E-state index in [2.05, 4.69) is 15.9 Å². The van der Waals surface area contributed by atoms with Crippen molar-refractivity contribution >= 4 is 0 Å². The van der Waals surface area contributed by atoms with Crippen molar-refractivity contribution in [1.82, 2.24) is 9.97 Å². The van der Waals surface area contributed by atoms with E-state index in [1.807, 2.05) is 0 Å². The predicted octanol–water partition coefficient (Wildman–Crippen LogP) is -1.07. The molecule has 1 aliphatic rings. The zero-order chi connectivity index (χ0) is 12.6. The van der Waals surface area contributed by atoms with Gasteiger partial charge in [-0.15, -0.1) is 6.42 Å². The van der Waals surface area contributed by atoms with Gasteiger partial charge in [0.15, 0.2) is 0 Å². The van der Waals surface area contributed by atoms with Crippen molar-refractivity contribution in [2.45, 2.75) is 31.3 Å². The quantitative estimate of drug-likeness (QED) is 0.540. The molecule has 0 aromatic carbocycles. The van der Waals surface area contributed by atoms with E-state index in [1.54, 1.807) is 6.92 Å². The third-order valence-corrected chi connectivity index (χ3v) is 2.79. The fourth-order valence-corrected chi connectivity index (χ4v) is 1.85. The summed E-state index contributed by atoms with van der Waals surface area (Å²) in [5.41, 5.74) is 0.0288. The highest BCUT2D eigenvalue weighted by molar-refractivity contribution is 5.34. The molecule has 0 radical (unpaired) electrons. The molecule has 1 aliphatic heterocycles. The summed E-state index contributed by atoms with van der Waals surface area (Å²) >= 11 is 0. The van der Waals surface area contributed by atoms with Crippen LogP contribution in [-0.2, 0) is 4.74 Å². The number of aliphatic hydroxyl groups is 2. The Bertz CT molecular complexity index is 519. The molecule has 3 N–H and O–H groups in total. The van der Waals surface area contributed by atoms with Crippen LogP contribution in [0.25, 0.3) is 0 Å². The number of rotatable bonds is 1. The maximum atomic E-state index is 11.0. The normalized spacial score (nSPS) is 32.4. The monoisotopic (exact) mass is 236 g/mol. The minimum atomic E-state index is -1.09. The van der Waals surface area contributed by atoms with Crippen molar-refractivity contribution in [3.63, 3.8) is 0 Å². The summed E-state index contributed by atoms with van der Waals surface area (Å²) in [7, 11) is 0. The fourth-order valence-electron chi connectivity index (χ4n) is 1.85. The van der Waals surface area contributed by atoms with Crippen LogP contribution in [0.2, 0.25) is 0 Å². The van der Waals surface area contributed by atoms with Crippen LogP contribution in [-0.4, -0.2) is 38.5 Å². The number of nitrogens with zero attached hydrogens (tertiary/aromatic N) is 1. The average molecular weight is 236 g/mol. The van der Waals surface area contributed by atoms with Crippen LogP contribution in [0.5, 0.6) is 0 Å². The molecule has 0 bridgehead atoms. The lowest BCUT2D eigenvalue weighted by atomic mass is 10.0. The van der Waals surface area contributed by atoms with Crippen LogP contribution < -0.4 is 5.69 Å². The highest BCUT2D eigenvalue weighted by atomic mass is 16.5. The Morgan fingerprint density at radius 2 is 2.24 bits per heavy atom. The second-order valence-corrected chi connectivity index (χ2v) is 3.91. The zero-order valence-corrected chi connectivity index (χ0v) is 9.12. The van der Waals surface area contributed by atoms with Gasteiger partial charge in [0, 0.05) is 11.8 Å². The molecule has 1 saturated heterocycles. The molecule has 4 atom stereocenters. The van der Waals surface area contributed by atoms with Gasteiger partial charge in [-0.1, -0.05) is 5.92 Å². The van der Waals surface area contributed by atoms with Gasteiger partial charge in [-0.25, -0.2) is 9.78 Å². The van der Waals surface area contributed by atoms with E-state index in [0.29, 0.717) is 5.56 Å². The standard InChI is InChI=1S/C11H12N2O4/c1-3-7-6(4-12-11(16)13-7)10-9(15)8(14)5(2)17-10/h1,4-5,8-10,14-15H,2H3,(H,12,13,16)/t5-,8?,9+,10+/m1/s1. The van der Waals surface area contributed by atoms with Crippen LogP contribution >= 0.6 is 0 Å². The first kappa shape index (κ1) is 11.8. The van der Waals surface area contributed by atoms with Crippen LogP contribution in [0, 0.1) is 12.3 Å². The number of aromatic amines is 1. The lowest BCUT2D eigenvalue weighted by Crippen LogP contribution is -2.29. The van der Waals surface area contributed by atoms with E-state index in [1.165, 1.54) is 6.20 Å². The van der Waals surface area contributed by atoms with E-state index in [0.717, 1.165) is 0 Å². The Kier molecular flexibility index (Phi) is 2.98. The molecule has 17 heavy (non-hydrogen) atoms. The Balaban J connectivity index is 2.42. The molecule has 6 heteroatoms. The van der Waals surface area contributed by atoms with Crippen molar-refractivity contribution in [2.75, 3.05) is 0 Å². The molecule has 90 valence electrons. The molecule has 0 aliphatic carbocycles. The maximum absolute atomic E-state index is 11.0. The number of terminal acetylenes is 1. The summed E-state index contributed by atoms with van der Waals surface area (Å²) in [5, 5.41) is 19.4. The van der Waals surface area contributed by atoms with Crippen molar-refractivity contribution in [3.05, 3.63) is 27.9 Å². The van der Waals surface area contributed by atoms with Crippen molar-refractivity contribution in [3.8, 4) is 12.3 Å². The van der Waals surface area contributed by atoms with Gasteiger partial charge in [0.2, 0.25) is 0 Å². The average Bonchev–Trinajstić information content (AvgIpc) is 2.57. The van der Waals surface area contributed by atoms with Gasteiger partial charge in [0.25, 0.3) is 0 Å². The molecule has 1 aromatic rings. The number of aromatic nitrogens is 2. The third kappa shape index (κ3) is 1.96. The fraction of sp³-hybridized carbons (Fsp3) is 0.455. The zero-order valence-electron chi connectivity index (χ0n) is 9.12. The number of aliphatic hydroxyl groups excluding tert-OH is 2. The van der Waals surface area contributed by atoms with Gasteiger partial charge in [0.1, 0.15) is 24.0 Å². The largest absolute Gasteiger partial charge is 0.388 e. The van der Waals surface area contributed by atoms with Crippen LogP contribution in [0.15, 0.2) is 11.0 Å². The molecule has 0 spiro atoms. The summed E-state index contributed by atoms with van der Waals surface area (Å²) in [6.07, 6.45) is 3.14. The maximum Gasteiger partial charge on any atom is 0.345 e. The molecule has 2 heterocycles. The minimum Gasteiger partial charge on any atom is -0.388 e. The van der Waals surface area contributed by atoms with Gasteiger partial charge in [-0.05, 0) is 6.92 Å². The van der Waals surface area contributed by atoms with Gasteiger partial charge in [-0.2, -0.15) is 0 Å². The molecule has 2 rings (SSSR count). The van der Waals surface area contributed by atoms with Gasteiger partial charge in [-0.3, -0.25) is 4.98 Å². The highest BCUT2D eigenvalue weighted by Gasteiger charge is 2.42. The topological polar surface area (TPSA) is 95.4 Å². The molecule has 1 unspecified atom stereocenters. The molecule has 1 fully saturated rings. The summed E-state index contributed by atoms with van der Waals surface area (Å²) in [6, 6.07) is 0. The summed E-state index contributed by atoms with van der Waals surface area (Å²) in [4.78, 5) is 16.9. The Morgan fingerprint density at radius 3 is 2.76 bits per heavy atom. The number of ether oxygens (including phenoxy) is 1. The summed E-state index contributed by atoms with van der Waals surface area (Å²) in [5.74, 6) is 2.30. The SMILES string of the molecule is C#Cc1[nH]c(=O)ncc1[C@@H]1O[C@H](C)C(O)[C@@H]1O. The lowest BCUT2D eigenvalue weighted by molar-refractivity contribution is 0.0145. The number of hydrogen-bond donors (Lipinski definition) is 3. The Labute approximate surface area is 97.3 Å². The minimum absolute atomic E-state index is 0.204. The second-order valence-electron chi connectivity index (χ2n) is 3.91. The number of H-pyrrole nitrogens is 1. The number of nitrogens with one attached hydrogen (secondary N) is 1. The summed E-state index contributed by atoms with van der Waals surface area (Å²) in [6.45, 7) is 1.64. The molecule has 1 aromatic heterocycles. The highest BCUT2D eigenvalue weighted by Crippen LogP contribution is 2.33.